The summed E-state index contributed by atoms with van der Waals surface area (Å²) >= 11 is 0. The van der Waals surface area contributed by atoms with Crippen LogP contribution in [0.5, 0.6) is 5.75 Å². The molecular weight excluding hydrogens is 264 g/mol. The van der Waals surface area contributed by atoms with Crippen LogP contribution in [0, 0.1) is 12.3 Å². The topological polar surface area (TPSA) is 39.4 Å². The summed E-state index contributed by atoms with van der Waals surface area (Å²) in [6.07, 6.45) is 5.36. The molecule has 21 heavy (non-hydrogen) atoms. The van der Waals surface area contributed by atoms with Crippen LogP contribution in [0.4, 0.5) is 0 Å². The third-order valence-electron chi connectivity index (χ3n) is 3.31. The van der Waals surface area contributed by atoms with E-state index in [1.165, 1.54) is 6.07 Å². The molecule has 3 rings (SSSR count). The van der Waals surface area contributed by atoms with Crippen LogP contribution in [0.2, 0.25) is 0 Å². The summed E-state index contributed by atoms with van der Waals surface area (Å²) in [6.45, 7) is 0. The van der Waals surface area contributed by atoms with Crippen molar-refractivity contribution in [3.63, 3.8) is 0 Å². The Morgan fingerprint density at radius 3 is 2.52 bits per heavy atom. The van der Waals surface area contributed by atoms with Gasteiger partial charge in [0.2, 0.25) is 0 Å². The van der Waals surface area contributed by atoms with Gasteiger partial charge in [0.05, 0.1) is 7.11 Å². The van der Waals surface area contributed by atoms with E-state index in [2.05, 4.69) is 5.92 Å². The number of ether oxygens (including phenoxy) is 1. The highest BCUT2D eigenvalue weighted by molar-refractivity contribution is 5.93. The number of methoxy groups -OCH3 is 1. The summed E-state index contributed by atoms with van der Waals surface area (Å²) < 4.78 is 10.4. The zero-order valence-corrected chi connectivity index (χ0v) is 11.4. The van der Waals surface area contributed by atoms with Crippen molar-refractivity contribution in [1.29, 1.82) is 0 Å². The predicted octanol–water partition coefficient (Wildman–Crippen LogP) is 3.45. The maximum atomic E-state index is 11.8. The van der Waals surface area contributed by atoms with Gasteiger partial charge in [0, 0.05) is 23.1 Å². The SMILES string of the molecule is C#Cc1ccc(-c2cc(=O)oc3cc(OC)ccc23)cc1. The van der Waals surface area contributed by atoms with E-state index in [1.807, 2.05) is 36.4 Å². The van der Waals surface area contributed by atoms with E-state index in [-0.39, 0.29) is 0 Å². The van der Waals surface area contributed by atoms with Crippen molar-refractivity contribution in [3.8, 4) is 29.2 Å². The van der Waals surface area contributed by atoms with Crippen molar-refractivity contribution in [2.24, 2.45) is 0 Å². The molecule has 0 aliphatic rings. The maximum absolute atomic E-state index is 11.8. The largest absolute Gasteiger partial charge is 0.497 e. The lowest BCUT2D eigenvalue weighted by molar-refractivity contribution is 0.414. The summed E-state index contributed by atoms with van der Waals surface area (Å²) in [5.41, 5.74) is 2.63. The first-order valence-corrected chi connectivity index (χ1v) is 6.40. The number of fused-ring (bicyclic) bond motifs is 1. The van der Waals surface area contributed by atoms with Crippen LogP contribution in [0.15, 0.2) is 57.7 Å². The van der Waals surface area contributed by atoms with Gasteiger partial charge in [-0.3, -0.25) is 0 Å². The van der Waals surface area contributed by atoms with Gasteiger partial charge >= 0.3 is 5.63 Å². The maximum Gasteiger partial charge on any atom is 0.336 e. The summed E-state index contributed by atoms with van der Waals surface area (Å²) in [5.74, 6) is 3.22. The molecule has 0 aliphatic carbocycles. The highest BCUT2D eigenvalue weighted by Crippen LogP contribution is 2.29. The molecule has 0 radical (unpaired) electrons. The van der Waals surface area contributed by atoms with Crippen LogP contribution in [-0.4, -0.2) is 7.11 Å². The van der Waals surface area contributed by atoms with Gasteiger partial charge in [-0.1, -0.05) is 18.1 Å². The molecule has 102 valence electrons. The molecule has 1 heterocycles. The van der Waals surface area contributed by atoms with Gasteiger partial charge in [-0.25, -0.2) is 4.79 Å². The highest BCUT2D eigenvalue weighted by atomic mass is 16.5. The Morgan fingerprint density at radius 1 is 1.10 bits per heavy atom. The lowest BCUT2D eigenvalue weighted by atomic mass is 10.0. The van der Waals surface area contributed by atoms with Gasteiger partial charge in [0.1, 0.15) is 11.3 Å². The Morgan fingerprint density at radius 2 is 1.86 bits per heavy atom. The van der Waals surface area contributed by atoms with E-state index >= 15 is 0 Å². The van der Waals surface area contributed by atoms with Crippen LogP contribution >= 0.6 is 0 Å². The number of hydrogen-bond donors (Lipinski definition) is 0. The van der Waals surface area contributed by atoms with Gasteiger partial charge in [-0.15, -0.1) is 6.42 Å². The summed E-state index contributed by atoms with van der Waals surface area (Å²) in [7, 11) is 1.57. The summed E-state index contributed by atoms with van der Waals surface area (Å²) in [6, 6.07) is 14.4. The molecule has 0 fully saturated rings. The number of rotatable bonds is 2. The third kappa shape index (κ3) is 2.39. The fourth-order valence-corrected chi connectivity index (χ4v) is 2.25. The molecule has 1 aromatic heterocycles. The molecule has 0 saturated carbocycles. The molecule has 0 aliphatic heterocycles. The second-order valence-corrected chi connectivity index (χ2v) is 4.56. The molecule has 0 N–H and O–H groups in total. The van der Waals surface area contributed by atoms with Crippen LogP contribution in [0.25, 0.3) is 22.1 Å². The van der Waals surface area contributed by atoms with Crippen molar-refractivity contribution in [2.45, 2.75) is 0 Å². The Hall–Kier alpha value is -2.99. The molecule has 2 aromatic carbocycles. The van der Waals surface area contributed by atoms with Gasteiger partial charge in [0.15, 0.2) is 0 Å². The average molecular weight is 276 g/mol. The van der Waals surface area contributed by atoms with Gasteiger partial charge < -0.3 is 9.15 Å². The highest BCUT2D eigenvalue weighted by Gasteiger charge is 2.08. The molecule has 3 heteroatoms. The molecule has 0 atom stereocenters. The Bertz CT molecular complexity index is 896. The number of benzene rings is 2. The van der Waals surface area contributed by atoms with E-state index in [0.717, 1.165) is 22.1 Å². The van der Waals surface area contributed by atoms with Crippen molar-refractivity contribution in [1.82, 2.24) is 0 Å². The molecule has 3 aromatic rings. The van der Waals surface area contributed by atoms with E-state index in [4.69, 9.17) is 15.6 Å². The normalized spacial score (nSPS) is 10.3. The Labute approximate surface area is 121 Å². The molecule has 0 amide bonds. The average Bonchev–Trinajstić information content (AvgIpc) is 2.53. The van der Waals surface area contributed by atoms with Crippen LogP contribution in [-0.2, 0) is 0 Å². The van der Waals surface area contributed by atoms with Crippen molar-refractivity contribution in [2.75, 3.05) is 7.11 Å². The molecule has 0 spiro atoms. The van der Waals surface area contributed by atoms with Crippen molar-refractivity contribution < 1.29 is 9.15 Å². The van der Waals surface area contributed by atoms with E-state index < -0.39 is 5.63 Å². The first kappa shape index (κ1) is 13.0. The quantitative estimate of drug-likeness (QED) is 0.531. The van der Waals surface area contributed by atoms with Gasteiger partial charge in [-0.2, -0.15) is 0 Å². The standard InChI is InChI=1S/C18H12O3/c1-3-12-4-6-13(7-5-12)16-11-18(19)21-17-10-14(20-2)8-9-15(16)17/h1,4-11H,2H3. The van der Waals surface area contributed by atoms with Crippen LogP contribution in [0.3, 0.4) is 0 Å². The van der Waals surface area contributed by atoms with E-state index in [9.17, 15) is 4.79 Å². The lowest BCUT2D eigenvalue weighted by Gasteiger charge is -2.07. The molecule has 0 unspecified atom stereocenters. The number of terminal acetylenes is 1. The molecule has 3 nitrogen and oxygen atoms in total. The predicted molar refractivity (Wildman–Crippen MR) is 82.4 cm³/mol. The number of hydrogen-bond acceptors (Lipinski definition) is 3. The Kier molecular flexibility index (Phi) is 3.21. The van der Waals surface area contributed by atoms with E-state index in [1.54, 1.807) is 13.2 Å². The minimum absolute atomic E-state index is 0.397. The van der Waals surface area contributed by atoms with Crippen LogP contribution < -0.4 is 10.4 Å². The summed E-state index contributed by atoms with van der Waals surface area (Å²) in [4.78, 5) is 11.8. The minimum atomic E-state index is -0.397. The van der Waals surface area contributed by atoms with Crippen molar-refractivity contribution >= 4 is 11.0 Å². The lowest BCUT2D eigenvalue weighted by Crippen LogP contribution is -1.98. The first-order valence-electron chi connectivity index (χ1n) is 6.40. The molecular formula is C18H12O3. The summed E-state index contributed by atoms with van der Waals surface area (Å²) in [5, 5.41) is 0.851. The van der Waals surface area contributed by atoms with Gasteiger partial charge in [0.25, 0.3) is 0 Å². The van der Waals surface area contributed by atoms with Crippen LogP contribution in [0.1, 0.15) is 5.56 Å². The Balaban J connectivity index is 2.26. The zero-order valence-electron chi connectivity index (χ0n) is 11.4. The minimum Gasteiger partial charge on any atom is -0.497 e. The smallest absolute Gasteiger partial charge is 0.336 e. The fourth-order valence-electron chi connectivity index (χ4n) is 2.25. The van der Waals surface area contributed by atoms with E-state index in [0.29, 0.717) is 11.3 Å². The molecule has 0 saturated heterocycles. The second-order valence-electron chi connectivity index (χ2n) is 4.56. The first-order chi connectivity index (χ1) is 10.2. The molecule has 0 bridgehead atoms. The van der Waals surface area contributed by atoms with Gasteiger partial charge in [-0.05, 0) is 35.4 Å². The second kappa shape index (κ2) is 5.18. The fraction of sp³-hybridized carbons (Fsp3) is 0.0556. The third-order valence-corrected chi connectivity index (χ3v) is 3.31. The monoisotopic (exact) mass is 276 g/mol. The van der Waals surface area contributed by atoms with Crippen molar-refractivity contribution in [3.05, 3.63) is 64.5 Å². The zero-order chi connectivity index (χ0) is 14.8.